The Morgan fingerprint density at radius 2 is 2.04 bits per heavy atom. The van der Waals surface area contributed by atoms with Gasteiger partial charge >= 0.3 is 0 Å². The van der Waals surface area contributed by atoms with E-state index in [1.807, 2.05) is 12.1 Å². The van der Waals surface area contributed by atoms with Crippen LogP contribution in [0.2, 0.25) is 5.02 Å². The number of nitrogens with one attached hydrogen (secondary N) is 2. The van der Waals surface area contributed by atoms with E-state index in [0.717, 1.165) is 56.9 Å². The molecule has 0 bridgehead atoms. The van der Waals surface area contributed by atoms with Gasteiger partial charge in [0.2, 0.25) is 0 Å². The summed E-state index contributed by atoms with van der Waals surface area (Å²) in [4.78, 5) is 7.12. The van der Waals surface area contributed by atoms with Gasteiger partial charge in [0.05, 0.1) is 19.3 Å². The molecule has 1 fully saturated rings. The quantitative estimate of drug-likeness (QED) is 0.575. The van der Waals surface area contributed by atoms with Crippen molar-refractivity contribution in [3.05, 3.63) is 34.9 Å². The van der Waals surface area contributed by atoms with Crippen LogP contribution in [0.15, 0.2) is 29.3 Å². The van der Waals surface area contributed by atoms with Crippen molar-refractivity contribution in [2.75, 3.05) is 45.9 Å². The van der Waals surface area contributed by atoms with Crippen LogP contribution in [0.5, 0.6) is 0 Å². The smallest absolute Gasteiger partial charge is 0.191 e. The number of aliphatic imine (C=N–C) groups is 1. The molecule has 1 aromatic rings. The van der Waals surface area contributed by atoms with Gasteiger partial charge in [0.25, 0.3) is 0 Å². The molecule has 140 valence electrons. The normalized spacial score (nSPS) is 17.6. The van der Waals surface area contributed by atoms with Crippen LogP contribution in [0.4, 0.5) is 0 Å². The van der Waals surface area contributed by atoms with Gasteiger partial charge in [-0.15, -0.1) is 0 Å². The minimum atomic E-state index is 0.241. The summed E-state index contributed by atoms with van der Waals surface area (Å²) in [5, 5.41) is 7.61. The van der Waals surface area contributed by atoms with Gasteiger partial charge in [-0.25, -0.2) is 0 Å². The molecule has 0 saturated carbocycles. The number of hydrogen-bond acceptors (Lipinski definition) is 3. The predicted molar refractivity (Wildman–Crippen MR) is 105 cm³/mol. The van der Waals surface area contributed by atoms with E-state index in [4.69, 9.17) is 16.3 Å². The van der Waals surface area contributed by atoms with Crippen LogP contribution in [0, 0.1) is 5.92 Å². The summed E-state index contributed by atoms with van der Waals surface area (Å²) in [6, 6.07) is 8.38. The highest BCUT2D eigenvalue weighted by atomic mass is 35.5. The molecule has 1 aliphatic heterocycles. The molecule has 5 nitrogen and oxygen atoms in total. The fourth-order valence-electron chi connectivity index (χ4n) is 2.87. The molecule has 0 amide bonds. The molecule has 25 heavy (non-hydrogen) atoms. The summed E-state index contributed by atoms with van der Waals surface area (Å²) < 4.78 is 5.51. The highest BCUT2D eigenvalue weighted by Crippen LogP contribution is 2.23. The number of morpholine rings is 1. The van der Waals surface area contributed by atoms with Crippen molar-refractivity contribution >= 4 is 17.6 Å². The number of hydrogen-bond donors (Lipinski definition) is 2. The third-order valence-corrected chi connectivity index (χ3v) is 4.38. The second kappa shape index (κ2) is 10.6. The van der Waals surface area contributed by atoms with Crippen molar-refractivity contribution < 1.29 is 4.74 Å². The van der Waals surface area contributed by atoms with Crippen molar-refractivity contribution in [3.63, 3.8) is 0 Å². The molecular weight excluding hydrogens is 336 g/mol. The molecule has 1 atom stereocenters. The van der Waals surface area contributed by atoms with Gasteiger partial charge in [0.1, 0.15) is 0 Å². The van der Waals surface area contributed by atoms with E-state index in [1.165, 1.54) is 5.56 Å². The van der Waals surface area contributed by atoms with E-state index in [-0.39, 0.29) is 6.04 Å². The SMILES string of the molecule is CCNC(=NCC(C)C)NCC(c1cccc(Cl)c1)N1CCOCC1. The summed E-state index contributed by atoms with van der Waals surface area (Å²) in [6.07, 6.45) is 0. The first-order valence-corrected chi connectivity index (χ1v) is 9.57. The van der Waals surface area contributed by atoms with Gasteiger partial charge < -0.3 is 15.4 Å². The Balaban J connectivity index is 2.10. The maximum Gasteiger partial charge on any atom is 0.191 e. The fourth-order valence-corrected chi connectivity index (χ4v) is 3.07. The molecule has 0 aliphatic carbocycles. The number of nitrogens with zero attached hydrogens (tertiary/aromatic N) is 2. The lowest BCUT2D eigenvalue weighted by Crippen LogP contribution is -2.46. The molecule has 1 aliphatic rings. The second-order valence-electron chi connectivity index (χ2n) is 6.71. The Morgan fingerprint density at radius 3 is 2.68 bits per heavy atom. The number of ether oxygens (including phenoxy) is 1. The summed E-state index contributed by atoms with van der Waals surface area (Å²) in [7, 11) is 0. The van der Waals surface area contributed by atoms with Gasteiger partial charge in [0, 0.05) is 37.7 Å². The Labute approximate surface area is 156 Å². The number of halogens is 1. The molecule has 2 rings (SSSR count). The van der Waals surface area contributed by atoms with Crippen LogP contribution in [0.1, 0.15) is 32.4 Å². The highest BCUT2D eigenvalue weighted by Gasteiger charge is 2.23. The molecule has 1 saturated heterocycles. The van der Waals surface area contributed by atoms with Gasteiger partial charge in [-0.05, 0) is 30.5 Å². The first-order valence-electron chi connectivity index (χ1n) is 9.19. The van der Waals surface area contributed by atoms with E-state index in [0.29, 0.717) is 5.92 Å². The Bertz CT molecular complexity index is 544. The van der Waals surface area contributed by atoms with Crippen molar-refractivity contribution in [2.45, 2.75) is 26.8 Å². The fraction of sp³-hybridized carbons (Fsp3) is 0.632. The van der Waals surface area contributed by atoms with Crippen LogP contribution in [-0.2, 0) is 4.74 Å². The standard InChI is InChI=1S/C19H31ClN4O/c1-4-21-19(22-13-15(2)3)23-14-18(24-8-10-25-11-9-24)16-6-5-7-17(20)12-16/h5-7,12,15,18H,4,8-11,13-14H2,1-3H3,(H2,21,22,23). The number of guanidine groups is 1. The largest absolute Gasteiger partial charge is 0.379 e. The van der Waals surface area contributed by atoms with Crippen LogP contribution < -0.4 is 10.6 Å². The first kappa shape index (κ1) is 20.0. The molecule has 6 heteroatoms. The summed E-state index contributed by atoms with van der Waals surface area (Å²) >= 11 is 6.23. The Kier molecular flexibility index (Phi) is 8.52. The van der Waals surface area contributed by atoms with Gasteiger partial charge in [-0.2, -0.15) is 0 Å². The summed E-state index contributed by atoms with van der Waals surface area (Å²) in [5.74, 6) is 1.41. The summed E-state index contributed by atoms with van der Waals surface area (Å²) in [5.41, 5.74) is 1.22. The third kappa shape index (κ3) is 6.84. The lowest BCUT2D eigenvalue weighted by molar-refractivity contribution is 0.0170. The average molecular weight is 367 g/mol. The van der Waals surface area contributed by atoms with E-state index < -0.39 is 0 Å². The molecule has 1 unspecified atom stereocenters. The van der Waals surface area contributed by atoms with Crippen LogP contribution >= 0.6 is 11.6 Å². The topological polar surface area (TPSA) is 48.9 Å². The van der Waals surface area contributed by atoms with Crippen molar-refractivity contribution in [3.8, 4) is 0 Å². The highest BCUT2D eigenvalue weighted by molar-refractivity contribution is 6.30. The monoisotopic (exact) mass is 366 g/mol. The second-order valence-corrected chi connectivity index (χ2v) is 7.15. The van der Waals surface area contributed by atoms with Gasteiger partial charge in [0.15, 0.2) is 5.96 Å². The molecule has 0 radical (unpaired) electrons. The van der Waals surface area contributed by atoms with Gasteiger partial charge in [-0.1, -0.05) is 37.6 Å². The van der Waals surface area contributed by atoms with Gasteiger partial charge in [-0.3, -0.25) is 9.89 Å². The van der Waals surface area contributed by atoms with Crippen molar-refractivity contribution in [2.24, 2.45) is 10.9 Å². The van der Waals surface area contributed by atoms with Crippen LogP contribution in [0.3, 0.4) is 0 Å². The molecule has 1 aromatic carbocycles. The van der Waals surface area contributed by atoms with Crippen molar-refractivity contribution in [1.82, 2.24) is 15.5 Å². The summed E-state index contributed by atoms with van der Waals surface area (Å²) in [6.45, 7) is 12.3. The average Bonchev–Trinajstić information content (AvgIpc) is 2.60. The van der Waals surface area contributed by atoms with E-state index in [1.54, 1.807) is 0 Å². The molecule has 0 spiro atoms. The number of rotatable bonds is 7. The molecule has 0 aromatic heterocycles. The maximum atomic E-state index is 6.23. The van der Waals surface area contributed by atoms with E-state index >= 15 is 0 Å². The zero-order chi connectivity index (χ0) is 18.1. The zero-order valence-corrected chi connectivity index (χ0v) is 16.4. The first-order chi connectivity index (χ1) is 12.1. The predicted octanol–water partition coefficient (Wildman–Crippen LogP) is 2.92. The van der Waals surface area contributed by atoms with Crippen LogP contribution in [-0.4, -0.2) is 56.8 Å². The van der Waals surface area contributed by atoms with E-state index in [2.05, 4.69) is 53.4 Å². The lowest BCUT2D eigenvalue weighted by Gasteiger charge is -2.35. The Hall–Kier alpha value is -1.30. The minimum Gasteiger partial charge on any atom is -0.379 e. The van der Waals surface area contributed by atoms with Crippen LogP contribution in [0.25, 0.3) is 0 Å². The lowest BCUT2D eigenvalue weighted by atomic mass is 10.0. The Morgan fingerprint density at radius 1 is 1.28 bits per heavy atom. The van der Waals surface area contributed by atoms with Crippen molar-refractivity contribution in [1.29, 1.82) is 0 Å². The molecule has 2 N–H and O–H groups in total. The van der Waals surface area contributed by atoms with E-state index in [9.17, 15) is 0 Å². The molecule has 1 heterocycles. The molecular formula is C19H31ClN4O. The number of benzene rings is 1. The minimum absolute atomic E-state index is 0.241. The third-order valence-electron chi connectivity index (χ3n) is 4.14. The maximum absolute atomic E-state index is 6.23. The zero-order valence-electron chi connectivity index (χ0n) is 15.6.